The Morgan fingerprint density at radius 1 is 1.05 bits per heavy atom. The molecule has 0 aliphatic carbocycles. The van der Waals surface area contributed by atoms with Crippen molar-refractivity contribution in [3.63, 3.8) is 0 Å². The van der Waals surface area contributed by atoms with E-state index < -0.39 is 0 Å². The van der Waals surface area contributed by atoms with Gasteiger partial charge >= 0.3 is 0 Å². The normalized spacial score (nSPS) is 27.4. The van der Waals surface area contributed by atoms with E-state index in [9.17, 15) is 4.39 Å². The van der Waals surface area contributed by atoms with Gasteiger partial charge in [-0.1, -0.05) is 30.3 Å². The molecule has 2 heterocycles. The number of para-hydroxylation sites is 1. The van der Waals surface area contributed by atoms with Gasteiger partial charge in [0.25, 0.3) is 0 Å². The van der Waals surface area contributed by atoms with Gasteiger partial charge in [0.15, 0.2) is 0 Å². The zero-order valence-electron chi connectivity index (χ0n) is 11.8. The summed E-state index contributed by atoms with van der Waals surface area (Å²) in [6.45, 7) is 0.825. The molecule has 2 aromatic carbocycles. The maximum atomic E-state index is 13.2. The first kappa shape index (κ1) is 12.8. The Morgan fingerprint density at radius 3 is 2.71 bits per heavy atom. The predicted octanol–water partition coefficient (Wildman–Crippen LogP) is 4.46. The van der Waals surface area contributed by atoms with Gasteiger partial charge in [-0.2, -0.15) is 0 Å². The molecule has 0 spiro atoms. The standard InChI is InChI=1S/C18H18FNO/c19-13-9-7-12(8-10-13)17-15-5-3-11-21-18(15)14-4-1-2-6-16(14)20-17/h1-2,4,6-10,15,17-18,20H,3,5,11H2. The fourth-order valence-electron chi connectivity index (χ4n) is 3.62. The zero-order chi connectivity index (χ0) is 14.2. The lowest BCUT2D eigenvalue weighted by Gasteiger charge is -2.43. The lowest BCUT2D eigenvalue weighted by molar-refractivity contribution is -0.0381. The van der Waals surface area contributed by atoms with Crippen LogP contribution in [-0.4, -0.2) is 6.61 Å². The molecular weight excluding hydrogens is 265 g/mol. The highest BCUT2D eigenvalue weighted by atomic mass is 19.1. The predicted molar refractivity (Wildman–Crippen MR) is 80.6 cm³/mol. The van der Waals surface area contributed by atoms with Gasteiger partial charge in [-0.3, -0.25) is 0 Å². The number of nitrogens with one attached hydrogen (secondary N) is 1. The quantitative estimate of drug-likeness (QED) is 0.834. The average molecular weight is 283 g/mol. The molecule has 2 aliphatic rings. The van der Waals surface area contributed by atoms with Gasteiger partial charge in [0.05, 0.1) is 12.1 Å². The average Bonchev–Trinajstić information content (AvgIpc) is 2.55. The molecule has 3 unspecified atom stereocenters. The van der Waals surface area contributed by atoms with Crippen LogP contribution >= 0.6 is 0 Å². The smallest absolute Gasteiger partial charge is 0.123 e. The molecule has 1 fully saturated rings. The Kier molecular flexibility index (Phi) is 3.15. The zero-order valence-corrected chi connectivity index (χ0v) is 11.8. The summed E-state index contributed by atoms with van der Waals surface area (Å²) in [5.74, 6) is 0.213. The third-order valence-electron chi connectivity index (χ3n) is 4.60. The minimum absolute atomic E-state index is 0.145. The van der Waals surface area contributed by atoms with E-state index in [1.54, 1.807) is 0 Å². The van der Waals surface area contributed by atoms with Crippen molar-refractivity contribution in [2.24, 2.45) is 5.92 Å². The molecule has 0 saturated carbocycles. The van der Waals surface area contributed by atoms with Crippen molar-refractivity contribution in [3.05, 3.63) is 65.5 Å². The highest BCUT2D eigenvalue weighted by Gasteiger charge is 2.39. The lowest BCUT2D eigenvalue weighted by Crippen LogP contribution is -2.35. The van der Waals surface area contributed by atoms with Gasteiger partial charge in [-0.25, -0.2) is 4.39 Å². The molecule has 0 radical (unpaired) electrons. The monoisotopic (exact) mass is 283 g/mol. The van der Waals surface area contributed by atoms with Crippen molar-refractivity contribution in [1.82, 2.24) is 0 Å². The van der Waals surface area contributed by atoms with Crippen LogP contribution in [0.4, 0.5) is 10.1 Å². The van der Waals surface area contributed by atoms with E-state index in [4.69, 9.17) is 4.74 Å². The summed E-state index contributed by atoms with van der Waals surface area (Å²) in [5, 5.41) is 3.63. The number of rotatable bonds is 1. The van der Waals surface area contributed by atoms with E-state index in [1.165, 1.54) is 17.7 Å². The fraction of sp³-hybridized carbons (Fsp3) is 0.333. The molecule has 3 heteroatoms. The molecule has 21 heavy (non-hydrogen) atoms. The first-order chi connectivity index (χ1) is 10.3. The second-order valence-electron chi connectivity index (χ2n) is 5.86. The highest BCUT2D eigenvalue weighted by Crippen LogP contribution is 2.48. The molecule has 2 aromatic rings. The molecule has 108 valence electrons. The van der Waals surface area contributed by atoms with Crippen LogP contribution in [0.2, 0.25) is 0 Å². The molecular formula is C18H18FNO. The number of benzene rings is 2. The minimum Gasteiger partial charge on any atom is -0.378 e. The summed E-state index contributed by atoms with van der Waals surface area (Å²) in [6, 6.07) is 15.4. The van der Waals surface area contributed by atoms with Crippen LogP contribution in [0.3, 0.4) is 0 Å². The second kappa shape index (κ2) is 5.15. The van der Waals surface area contributed by atoms with Crippen molar-refractivity contribution in [3.8, 4) is 0 Å². The van der Waals surface area contributed by atoms with Gasteiger partial charge in [0.2, 0.25) is 0 Å². The van der Waals surface area contributed by atoms with Crippen LogP contribution in [0.15, 0.2) is 48.5 Å². The first-order valence-corrected chi connectivity index (χ1v) is 7.55. The van der Waals surface area contributed by atoms with Crippen molar-refractivity contribution in [1.29, 1.82) is 0 Å². The summed E-state index contributed by atoms with van der Waals surface area (Å²) >= 11 is 0. The van der Waals surface area contributed by atoms with Crippen molar-refractivity contribution < 1.29 is 9.13 Å². The van der Waals surface area contributed by atoms with Crippen LogP contribution in [0.1, 0.15) is 36.1 Å². The number of fused-ring (bicyclic) bond motifs is 3. The van der Waals surface area contributed by atoms with Gasteiger partial charge in [0.1, 0.15) is 5.82 Å². The topological polar surface area (TPSA) is 21.3 Å². The Balaban J connectivity index is 1.76. The minimum atomic E-state index is -0.189. The van der Waals surface area contributed by atoms with E-state index >= 15 is 0 Å². The Hall–Kier alpha value is -1.87. The molecule has 2 nitrogen and oxygen atoms in total. The fourth-order valence-corrected chi connectivity index (χ4v) is 3.62. The molecule has 0 amide bonds. The molecule has 2 aliphatic heterocycles. The van der Waals surface area contributed by atoms with Crippen molar-refractivity contribution in [2.75, 3.05) is 11.9 Å². The summed E-state index contributed by atoms with van der Waals surface area (Å²) in [4.78, 5) is 0. The molecule has 1 N–H and O–H groups in total. The van der Waals surface area contributed by atoms with Gasteiger partial charge < -0.3 is 10.1 Å². The summed E-state index contributed by atoms with van der Waals surface area (Å²) in [5.41, 5.74) is 3.52. The Morgan fingerprint density at radius 2 is 1.86 bits per heavy atom. The van der Waals surface area contributed by atoms with Crippen LogP contribution in [-0.2, 0) is 4.74 Å². The van der Waals surface area contributed by atoms with E-state index in [0.29, 0.717) is 5.92 Å². The van der Waals surface area contributed by atoms with Crippen LogP contribution in [0, 0.1) is 11.7 Å². The third kappa shape index (κ3) is 2.22. The molecule has 1 saturated heterocycles. The molecule has 3 atom stereocenters. The van der Waals surface area contributed by atoms with Crippen LogP contribution < -0.4 is 5.32 Å². The lowest BCUT2D eigenvalue weighted by atomic mass is 9.77. The number of hydrogen-bond donors (Lipinski definition) is 1. The van der Waals surface area contributed by atoms with Crippen molar-refractivity contribution >= 4 is 5.69 Å². The number of halogens is 1. The number of ether oxygens (including phenoxy) is 1. The molecule has 0 aromatic heterocycles. The van der Waals surface area contributed by atoms with E-state index in [-0.39, 0.29) is 18.0 Å². The largest absolute Gasteiger partial charge is 0.378 e. The maximum absolute atomic E-state index is 13.2. The van der Waals surface area contributed by atoms with Crippen LogP contribution in [0.5, 0.6) is 0 Å². The van der Waals surface area contributed by atoms with E-state index in [0.717, 1.165) is 30.7 Å². The summed E-state index contributed by atoms with van der Waals surface area (Å²) < 4.78 is 19.3. The van der Waals surface area contributed by atoms with E-state index in [1.807, 2.05) is 18.2 Å². The third-order valence-corrected chi connectivity index (χ3v) is 4.60. The van der Waals surface area contributed by atoms with Crippen molar-refractivity contribution in [2.45, 2.75) is 25.0 Å². The molecule has 0 bridgehead atoms. The van der Waals surface area contributed by atoms with E-state index in [2.05, 4.69) is 23.5 Å². The van der Waals surface area contributed by atoms with Gasteiger partial charge in [-0.05, 0) is 36.6 Å². The SMILES string of the molecule is Fc1ccc(C2Nc3ccccc3C3OCCCC23)cc1. The number of hydrogen-bond acceptors (Lipinski definition) is 2. The second-order valence-corrected chi connectivity index (χ2v) is 5.86. The highest BCUT2D eigenvalue weighted by molar-refractivity contribution is 5.57. The first-order valence-electron chi connectivity index (χ1n) is 7.55. The Labute approximate surface area is 123 Å². The molecule has 4 rings (SSSR count). The summed E-state index contributed by atoms with van der Waals surface area (Å²) in [6.07, 6.45) is 2.36. The van der Waals surface area contributed by atoms with Crippen LogP contribution in [0.25, 0.3) is 0 Å². The number of anilines is 1. The maximum Gasteiger partial charge on any atom is 0.123 e. The Bertz CT molecular complexity index is 640. The van der Waals surface area contributed by atoms with Gasteiger partial charge in [0, 0.05) is 23.8 Å². The van der Waals surface area contributed by atoms with Gasteiger partial charge in [-0.15, -0.1) is 0 Å². The summed E-state index contributed by atoms with van der Waals surface area (Å²) in [7, 11) is 0.